The van der Waals surface area contributed by atoms with E-state index >= 15 is 0 Å². The van der Waals surface area contributed by atoms with E-state index in [4.69, 9.17) is 0 Å². The minimum atomic E-state index is -0.437. The van der Waals surface area contributed by atoms with Gasteiger partial charge in [-0.3, -0.25) is 14.9 Å². The first kappa shape index (κ1) is 16.4. The van der Waals surface area contributed by atoms with Gasteiger partial charge in [0.25, 0.3) is 11.6 Å². The van der Waals surface area contributed by atoms with Gasteiger partial charge in [0.05, 0.1) is 4.92 Å². The molecule has 0 unspecified atom stereocenters. The number of rotatable bonds is 5. The van der Waals surface area contributed by atoms with Crippen molar-refractivity contribution >= 4 is 11.6 Å². The Bertz CT molecular complexity index is 552. The third-order valence-corrected chi connectivity index (χ3v) is 4.24. The molecule has 1 aliphatic heterocycles. The first-order valence-corrected chi connectivity index (χ1v) is 7.78. The molecule has 0 atom stereocenters. The van der Waals surface area contributed by atoms with Gasteiger partial charge in [0.2, 0.25) is 0 Å². The maximum absolute atomic E-state index is 12.6. The number of likely N-dealkylation sites (tertiary alicyclic amines) is 1. The molecular formula is C16H23N3O3. The average molecular weight is 305 g/mol. The predicted octanol–water partition coefficient (Wildman–Crippen LogP) is 2.36. The summed E-state index contributed by atoms with van der Waals surface area (Å²) in [6.07, 6.45) is 2.01. The molecule has 2 rings (SSSR count). The maximum Gasteiger partial charge on any atom is 0.269 e. The molecule has 22 heavy (non-hydrogen) atoms. The van der Waals surface area contributed by atoms with Crippen LogP contribution < -0.4 is 5.32 Å². The Balaban J connectivity index is 1.99. The van der Waals surface area contributed by atoms with Crippen molar-refractivity contribution in [3.05, 3.63) is 39.4 Å². The van der Waals surface area contributed by atoms with E-state index in [1.54, 1.807) is 13.0 Å². The fourth-order valence-electron chi connectivity index (χ4n) is 2.86. The molecule has 0 spiro atoms. The van der Waals surface area contributed by atoms with Crippen LogP contribution in [0.5, 0.6) is 0 Å². The molecule has 0 saturated carbocycles. The minimum Gasteiger partial charge on any atom is -0.339 e. The highest BCUT2D eigenvalue weighted by molar-refractivity contribution is 5.96. The molecule has 1 heterocycles. The second-order valence-corrected chi connectivity index (χ2v) is 5.80. The zero-order valence-electron chi connectivity index (χ0n) is 13.2. The number of hydrogen-bond acceptors (Lipinski definition) is 4. The summed E-state index contributed by atoms with van der Waals surface area (Å²) < 4.78 is 0. The van der Waals surface area contributed by atoms with Gasteiger partial charge in [0.1, 0.15) is 0 Å². The van der Waals surface area contributed by atoms with Gasteiger partial charge in [0.15, 0.2) is 0 Å². The lowest BCUT2D eigenvalue weighted by Gasteiger charge is -2.32. The van der Waals surface area contributed by atoms with E-state index in [1.165, 1.54) is 12.1 Å². The Labute approximate surface area is 130 Å². The third kappa shape index (κ3) is 3.82. The molecule has 1 amide bonds. The van der Waals surface area contributed by atoms with E-state index in [1.807, 2.05) is 4.90 Å². The summed E-state index contributed by atoms with van der Waals surface area (Å²) in [6, 6.07) is 4.43. The van der Waals surface area contributed by atoms with Gasteiger partial charge < -0.3 is 10.2 Å². The highest BCUT2D eigenvalue weighted by Crippen LogP contribution is 2.22. The first-order chi connectivity index (χ1) is 10.5. The Morgan fingerprint density at radius 3 is 2.64 bits per heavy atom. The van der Waals surface area contributed by atoms with Crippen LogP contribution in [0.3, 0.4) is 0 Å². The lowest BCUT2D eigenvalue weighted by Crippen LogP contribution is -2.41. The van der Waals surface area contributed by atoms with E-state index in [2.05, 4.69) is 12.2 Å². The summed E-state index contributed by atoms with van der Waals surface area (Å²) in [5.41, 5.74) is 1.25. The molecule has 1 aromatic rings. The number of aryl methyl sites for hydroxylation is 1. The summed E-state index contributed by atoms with van der Waals surface area (Å²) >= 11 is 0. The van der Waals surface area contributed by atoms with Crippen molar-refractivity contribution < 1.29 is 9.72 Å². The number of carbonyl (C=O) groups excluding carboxylic acids is 1. The zero-order valence-corrected chi connectivity index (χ0v) is 13.2. The molecule has 0 bridgehead atoms. The van der Waals surface area contributed by atoms with E-state index in [-0.39, 0.29) is 11.6 Å². The van der Waals surface area contributed by atoms with Crippen LogP contribution in [0.25, 0.3) is 0 Å². The first-order valence-electron chi connectivity index (χ1n) is 7.78. The fraction of sp³-hybridized carbons (Fsp3) is 0.562. The number of benzene rings is 1. The number of nitro groups is 1. The normalized spacial score (nSPS) is 15.8. The molecule has 0 radical (unpaired) electrons. The molecule has 1 N–H and O–H groups in total. The molecule has 120 valence electrons. The summed E-state index contributed by atoms with van der Waals surface area (Å²) in [5, 5.41) is 14.1. The predicted molar refractivity (Wildman–Crippen MR) is 85.0 cm³/mol. The van der Waals surface area contributed by atoms with Gasteiger partial charge in [-0.05, 0) is 50.4 Å². The van der Waals surface area contributed by atoms with Gasteiger partial charge in [-0.15, -0.1) is 0 Å². The molecule has 6 nitrogen and oxygen atoms in total. The van der Waals surface area contributed by atoms with Crippen molar-refractivity contribution in [1.82, 2.24) is 10.2 Å². The smallest absolute Gasteiger partial charge is 0.269 e. The molecule has 1 saturated heterocycles. The summed E-state index contributed by atoms with van der Waals surface area (Å²) in [6.45, 7) is 7.33. The zero-order chi connectivity index (χ0) is 16.1. The van der Waals surface area contributed by atoms with Crippen molar-refractivity contribution in [2.45, 2.75) is 26.7 Å². The molecule has 1 aromatic carbocycles. The van der Waals surface area contributed by atoms with Crippen molar-refractivity contribution in [3.63, 3.8) is 0 Å². The van der Waals surface area contributed by atoms with Crippen molar-refractivity contribution in [2.75, 3.05) is 26.2 Å². The highest BCUT2D eigenvalue weighted by atomic mass is 16.6. The number of piperidine rings is 1. The van der Waals surface area contributed by atoms with Crippen LogP contribution in [0.4, 0.5) is 5.69 Å². The lowest BCUT2D eigenvalue weighted by molar-refractivity contribution is -0.384. The van der Waals surface area contributed by atoms with E-state index < -0.39 is 4.92 Å². The Kier molecular flexibility index (Phi) is 5.49. The van der Waals surface area contributed by atoms with Gasteiger partial charge >= 0.3 is 0 Å². The number of amides is 1. The van der Waals surface area contributed by atoms with Crippen LogP contribution in [-0.2, 0) is 0 Å². The van der Waals surface area contributed by atoms with E-state index in [9.17, 15) is 14.9 Å². The molecule has 0 aromatic heterocycles. The number of hydrogen-bond donors (Lipinski definition) is 1. The largest absolute Gasteiger partial charge is 0.339 e. The quantitative estimate of drug-likeness (QED) is 0.669. The van der Waals surface area contributed by atoms with Crippen LogP contribution in [0.15, 0.2) is 18.2 Å². The lowest BCUT2D eigenvalue weighted by atomic mass is 9.95. The molecule has 6 heteroatoms. The van der Waals surface area contributed by atoms with Crippen LogP contribution in [0.1, 0.15) is 35.7 Å². The molecular weight excluding hydrogens is 282 g/mol. The van der Waals surface area contributed by atoms with Crippen molar-refractivity contribution in [2.24, 2.45) is 5.92 Å². The van der Waals surface area contributed by atoms with Crippen molar-refractivity contribution in [3.8, 4) is 0 Å². The SMILES string of the molecule is CCNCC1CCN(C(=O)c2ccc([N+](=O)[O-])cc2C)CC1. The Morgan fingerprint density at radius 1 is 1.41 bits per heavy atom. The van der Waals surface area contributed by atoms with Gasteiger partial charge in [-0.25, -0.2) is 0 Å². The standard InChI is InChI=1S/C16H23N3O3/c1-3-17-11-13-6-8-18(9-7-13)16(20)15-5-4-14(19(21)22)10-12(15)2/h4-5,10,13,17H,3,6-9,11H2,1-2H3. The Hall–Kier alpha value is -1.95. The maximum atomic E-state index is 12.6. The number of nitrogens with zero attached hydrogens (tertiary/aromatic N) is 2. The highest BCUT2D eigenvalue weighted by Gasteiger charge is 2.24. The van der Waals surface area contributed by atoms with Crippen molar-refractivity contribution in [1.29, 1.82) is 0 Å². The number of nitrogens with one attached hydrogen (secondary N) is 1. The molecule has 0 aliphatic carbocycles. The summed E-state index contributed by atoms with van der Waals surface area (Å²) in [5.74, 6) is 0.608. The van der Waals surface area contributed by atoms with Gasteiger partial charge in [0, 0.05) is 30.8 Å². The monoisotopic (exact) mass is 305 g/mol. The summed E-state index contributed by atoms with van der Waals surface area (Å²) in [4.78, 5) is 24.7. The fourth-order valence-corrected chi connectivity index (χ4v) is 2.86. The van der Waals surface area contributed by atoms with Crippen LogP contribution in [0.2, 0.25) is 0 Å². The summed E-state index contributed by atoms with van der Waals surface area (Å²) in [7, 11) is 0. The van der Waals surface area contributed by atoms with E-state index in [0.717, 1.165) is 39.0 Å². The second kappa shape index (κ2) is 7.35. The van der Waals surface area contributed by atoms with Gasteiger partial charge in [-0.2, -0.15) is 0 Å². The number of nitro benzene ring substituents is 1. The second-order valence-electron chi connectivity index (χ2n) is 5.80. The Morgan fingerprint density at radius 2 is 2.09 bits per heavy atom. The number of non-ortho nitro benzene ring substituents is 1. The van der Waals surface area contributed by atoms with Crippen LogP contribution in [0, 0.1) is 23.0 Å². The van der Waals surface area contributed by atoms with Gasteiger partial charge in [-0.1, -0.05) is 6.92 Å². The minimum absolute atomic E-state index is 0.0192. The number of carbonyl (C=O) groups is 1. The molecule has 1 fully saturated rings. The van der Waals surface area contributed by atoms with Crippen LogP contribution in [-0.4, -0.2) is 41.9 Å². The van der Waals surface area contributed by atoms with Crippen LogP contribution >= 0.6 is 0 Å². The van der Waals surface area contributed by atoms with E-state index in [0.29, 0.717) is 17.0 Å². The molecule has 1 aliphatic rings. The average Bonchev–Trinajstić information content (AvgIpc) is 2.52. The third-order valence-electron chi connectivity index (χ3n) is 4.24. The topological polar surface area (TPSA) is 75.5 Å².